The van der Waals surface area contributed by atoms with Crippen molar-refractivity contribution in [3.63, 3.8) is 0 Å². The Morgan fingerprint density at radius 1 is 1.23 bits per heavy atom. The minimum atomic E-state index is -0.511. The molecule has 0 radical (unpaired) electrons. The van der Waals surface area contributed by atoms with Crippen molar-refractivity contribution in [1.29, 1.82) is 0 Å². The Hall–Kier alpha value is -2.69. The lowest BCUT2D eigenvalue weighted by molar-refractivity contribution is 0.103. The Balaban J connectivity index is 1.84. The normalized spacial score (nSPS) is 14.4. The van der Waals surface area contributed by atoms with Crippen LogP contribution in [0.2, 0.25) is 0 Å². The molecule has 110 valence electrons. The molecule has 3 aromatic rings. The molecule has 1 aromatic heterocycles. The summed E-state index contributed by atoms with van der Waals surface area (Å²) in [7, 11) is 0. The molecule has 1 saturated carbocycles. The number of nitrogens with zero attached hydrogens (tertiary/aromatic N) is 2. The molecule has 0 bridgehead atoms. The number of aromatic nitrogens is 2. The number of halogens is 1. The lowest BCUT2D eigenvalue weighted by atomic mass is 10.0. The minimum Gasteiger partial charge on any atom is -0.369 e. The molecule has 1 fully saturated rings. The number of anilines is 1. The van der Waals surface area contributed by atoms with Gasteiger partial charge >= 0.3 is 0 Å². The molecule has 4 rings (SSSR count). The van der Waals surface area contributed by atoms with E-state index in [1.807, 2.05) is 4.57 Å². The summed E-state index contributed by atoms with van der Waals surface area (Å²) >= 11 is 0. The van der Waals surface area contributed by atoms with Crippen molar-refractivity contribution < 1.29 is 9.18 Å². The van der Waals surface area contributed by atoms with E-state index in [0.29, 0.717) is 17.6 Å². The summed E-state index contributed by atoms with van der Waals surface area (Å²) in [6.07, 6.45) is 2.14. The Morgan fingerprint density at radius 2 is 2.00 bits per heavy atom. The third-order valence-corrected chi connectivity index (χ3v) is 4.01. The van der Waals surface area contributed by atoms with Gasteiger partial charge in [-0.25, -0.2) is 9.37 Å². The summed E-state index contributed by atoms with van der Waals surface area (Å²) in [5, 5.41) is 0. The fourth-order valence-corrected chi connectivity index (χ4v) is 2.77. The van der Waals surface area contributed by atoms with Crippen LogP contribution in [0.15, 0.2) is 42.5 Å². The van der Waals surface area contributed by atoms with Crippen molar-refractivity contribution in [3.8, 4) is 0 Å². The van der Waals surface area contributed by atoms with Gasteiger partial charge in [-0.3, -0.25) is 4.79 Å². The zero-order valence-corrected chi connectivity index (χ0v) is 11.8. The summed E-state index contributed by atoms with van der Waals surface area (Å²) in [4.78, 5) is 16.8. The van der Waals surface area contributed by atoms with Crippen molar-refractivity contribution >= 4 is 22.8 Å². The molecule has 1 aliphatic rings. The maximum atomic E-state index is 13.8. The van der Waals surface area contributed by atoms with E-state index in [-0.39, 0.29) is 11.3 Å². The Labute approximate surface area is 126 Å². The van der Waals surface area contributed by atoms with Crippen LogP contribution < -0.4 is 5.73 Å². The van der Waals surface area contributed by atoms with Crippen molar-refractivity contribution in [1.82, 2.24) is 9.55 Å². The number of carbonyl (C=O) groups is 1. The predicted octanol–water partition coefficient (Wildman–Crippen LogP) is 3.32. The quantitative estimate of drug-likeness (QED) is 0.754. The molecule has 0 aliphatic heterocycles. The van der Waals surface area contributed by atoms with E-state index in [1.54, 1.807) is 30.3 Å². The largest absolute Gasteiger partial charge is 0.369 e. The molecule has 0 amide bonds. The number of nitrogens with two attached hydrogens (primary N) is 1. The van der Waals surface area contributed by atoms with Crippen molar-refractivity contribution in [2.24, 2.45) is 0 Å². The van der Waals surface area contributed by atoms with Gasteiger partial charge in [0.15, 0.2) is 5.78 Å². The second kappa shape index (κ2) is 4.66. The number of nitrogen functional groups attached to an aromatic ring is 1. The summed E-state index contributed by atoms with van der Waals surface area (Å²) in [5.41, 5.74) is 8.08. The van der Waals surface area contributed by atoms with Crippen LogP contribution in [0.4, 0.5) is 10.3 Å². The van der Waals surface area contributed by atoms with Crippen LogP contribution in [-0.2, 0) is 0 Å². The summed E-state index contributed by atoms with van der Waals surface area (Å²) < 4.78 is 15.8. The zero-order valence-electron chi connectivity index (χ0n) is 11.8. The van der Waals surface area contributed by atoms with Crippen LogP contribution in [-0.4, -0.2) is 15.3 Å². The molecule has 2 N–H and O–H groups in total. The van der Waals surface area contributed by atoms with E-state index in [4.69, 9.17) is 5.73 Å². The van der Waals surface area contributed by atoms with Crippen molar-refractivity contribution in [3.05, 3.63) is 59.4 Å². The van der Waals surface area contributed by atoms with Gasteiger partial charge in [0.2, 0.25) is 5.95 Å². The van der Waals surface area contributed by atoms with E-state index < -0.39 is 5.82 Å². The first-order valence-electron chi connectivity index (χ1n) is 7.22. The predicted molar refractivity (Wildman–Crippen MR) is 82.2 cm³/mol. The van der Waals surface area contributed by atoms with Gasteiger partial charge in [0, 0.05) is 11.6 Å². The number of imidazole rings is 1. The lowest BCUT2D eigenvalue weighted by Crippen LogP contribution is -2.05. The Kier molecular flexibility index (Phi) is 2.76. The zero-order chi connectivity index (χ0) is 15.3. The van der Waals surface area contributed by atoms with Gasteiger partial charge in [-0.05, 0) is 43.2 Å². The second-order valence-corrected chi connectivity index (χ2v) is 5.58. The molecule has 0 saturated heterocycles. The summed E-state index contributed by atoms with van der Waals surface area (Å²) in [6, 6.07) is 11.6. The van der Waals surface area contributed by atoms with Gasteiger partial charge in [-0.15, -0.1) is 0 Å². The first-order chi connectivity index (χ1) is 10.6. The van der Waals surface area contributed by atoms with Crippen molar-refractivity contribution in [2.45, 2.75) is 18.9 Å². The van der Waals surface area contributed by atoms with Gasteiger partial charge < -0.3 is 10.3 Å². The molecule has 1 heterocycles. The molecule has 2 aromatic carbocycles. The molecule has 1 aliphatic carbocycles. The Bertz CT molecular complexity index is 896. The number of hydrogen-bond acceptors (Lipinski definition) is 3. The van der Waals surface area contributed by atoms with Crippen LogP contribution in [0.1, 0.15) is 34.8 Å². The molecular weight excluding hydrogens is 281 g/mol. The van der Waals surface area contributed by atoms with Crippen LogP contribution in [0.3, 0.4) is 0 Å². The highest BCUT2D eigenvalue weighted by molar-refractivity contribution is 6.10. The van der Waals surface area contributed by atoms with E-state index >= 15 is 0 Å². The minimum absolute atomic E-state index is 0.0762. The second-order valence-electron chi connectivity index (χ2n) is 5.58. The van der Waals surface area contributed by atoms with Crippen molar-refractivity contribution in [2.75, 3.05) is 5.73 Å². The number of rotatable bonds is 3. The summed E-state index contributed by atoms with van der Waals surface area (Å²) in [6.45, 7) is 0. The fraction of sp³-hybridized carbons (Fsp3) is 0.176. The smallest absolute Gasteiger partial charge is 0.201 e. The van der Waals surface area contributed by atoms with E-state index in [2.05, 4.69) is 4.98 Å². The van der Waals surface area contributed by atoms with E-state index in [0.717, 1.165) is 23.9 Å². The van der Waals surface area contributed by atoms with Gasteiger partial charge in [0.05, 0.1) is 16.6 Å². The average molecular weight is 295 g/mol. The number of hydrogen-bond donors (Lipinski definition) is 1. The first kappa shape index (κ1) is 13.0. The van der Waals surface area contributed by atoms with Gasteiger partial charge in [0.25, 0.3) is 0 Å². The third-order valence-electron chi connectivity index (χ3n) is 4.01. The highest BCUT2D eigenvalue weighted by Gasteiger charge is 2.28. The molecule has 0 unspecified atom stereocenters. The Morgan fingerprint density at radius 3 is 2.73 bits per heavy atom. The topological polar surface area (TPSA) is 60.9 Å². The average Bonchev–Trinajstić information content (AvgIpc) is 3.29. The monoisotopic (exact) mass is 295 g/mol. The van der Waals surface area contributed by atoms with E-state index in [9.17, 15) is 9.18 Å². The van der Waals surface area contributed by atoms with Crippen LogP contribution in [0, 0.1) is 5.82 Å². The molecule has 4 nitrogen and oxygen atoms in total. The maximum Gasteiger partial charge on any atom is 0.201 e. The molecule has 0 spiro atoms. The number of fused-ring (bicyclic) bond motifs is 1. The number of benzene rings is 2. The molecule has 5 heteroatoms. The van der Waals surface area contributed by atoms with Crippen LogP contribution in [0.5, 0.6) is 0 Å². The maximum absolute atomic E-state index is 13.8. The lowest BCUT2D eigenvalue weighted by Gasteiger charge is -2.06. The number of carbonyl (C=O) groups excluding carboxylic acids is 1. The van der Waals surface area contributed by atoms with Crippen LogP contribution in [0.25, 0.3) is 11.0 Å². The molecule has 0 atom stereocenters. The molecule has 22 heavy (non-hydrogen) atoms. The molecular formula is C17H14FN3O. The van der Waals surface area contributed by atoms with Gasteiger partial charge in [0.1, 0.15) is 5.82 Å². The fourth-order valence-electron chi connectivity index (χ4n) is 2.77. The third kappa shape index (κ3) is 1.97. The van der Waals surface area contributed by atoms with Gasteiger partial charge in [-0.1, -0.05) is 12.1 Å². The van der Waals surface area contributed by atoms with Crippen LogP contribution >= 0.6 is 0 Å². The SMILES string of the molecule is Nc1nc2ccc(C(=O)c3ccccc3F)cc2n1C1CC1. The standard InChI is InChI=1S/C17H14FN3O/c18-13-4-2-1-3-12(13)16(22)10-5-8-14-15(9-10)21(11-6-7-11)17(19)20-14/h1-5,8-9,11H,6-7H2,(H2,19,20). The highest BCUT2D eigenvalue weighted by atomic mass is 19.1. The summed E-state index contributed by atoms with van der Waals surface area (Å²) in [5.74, 6) is -0.377. The van der Waals surface area contributed by atoms with Gasteiger partial charge in [-0.2, -0.15) is 0 Å². The van der Waals surface area contributed by atoms with E-state index in [1.165, 1.54) is 12.1 Å². The number of ketones is 1. The highest BCUT2D eigenvalue weighted by Crippen LogP contribution is 2.39. The first-order valence-corrected chi connectivity index (χ1v) is 7.22.